The molecule has 3 N–H and O–H groups in total. The van der Waals surface area contributed by atoms with Crippen molar-refractivity contribution in [2.45, 2.75) is 31.8 Å². The van der Waals surface area contributed by atoms with Crippen LogP contribution < -0.4 is 15.8 Å². The van der Waals surface area contributed by atoms with Gasteiger partial charge in [-0.2, -0.15) is 0 Å². The Morgan fingerprint density at radius 1 is 1.44 bits per heavy atom. The quantitative estimate of drug-likeness (QED) is 0.874. The van der Waals surface area contributed by atoms with Crippen molar-refractivity contribution in [3.8, 4) is 5.75 Å². The zero-order chi connectivity index (χ0) is 12.4. The summed E-state index contributed by atoms with van der Waals surface area (Å²) in [4.78, 5) is 11.5. The number of fused-ring (bicyclic) bond motifs is 1. The highest BCUT2D eigenvalue weighted by Gasteiger charge is 2.29. The van der Waals surface area contributed by atoms with Crippen LogP contribution in [0.15, 0.2) is 24.3 Å². The number of carbonyl (C=O) groups excluding carboxylic acids is 1. The second-order valence-corrected chi connectivity index (χ2v) is 4.54. The number of para-hydroxylation sites is 1. The van der Waals surface area contributed by atoms with Crippen molar-refractivity contribution in [1.82, 2.24) is 5.32 Å². The molecule has 0 saturated carbocycles. The summed E-state index contributed by atoms with van der Waals surface area (Å²) in [5.74, 6) is 0.996. The van der Waals surface area contributed by atoms with Crippen LogP contribution in [0.2, 0.25) is 0 Å². The predicted molar refractivity (Wildman–Crippen MR) is 73.2 cm³/mol. The first-order valence-corrected chi connectivity index (χ1v) is 5.87. The van der Waals surface area contributed by atoms with Gasteiger partial charge in [0, 0.05) is 17.5 Å². The maximum absolute atomic E-state index is 11.5. The SMILES string of the molecule is CC(NC(=O)[C@@H](C)N)C1COc2ccccc21.Cl. The maximum atomic E-state index is 11.5. The molecule has 0 radical (unpaired) electrons. The Bertz CT molecular complexity index is 423. The van der Waals surface area contributed by atoms with Crippen molar-refractivity contribution in [3.05, 3.63) is 29.8 Å². The molecular weight excluding hydrogens is 252 g/mol. The van der Waals surface area contributed by atoms with Gasteiger partial charge in [0.05, 0.1) is 12.6 Å². The molecule has 0 aromatic heterocycles. The first-order chi connectivity index (χ1) is 8.09. The van der Waals surface area contributed by atoms with Crippen LogP contribution in [0, 0.1) is 0 Å². The summed E-state index contributed by atoms with van der Waals surface area (Å²) < 4.78 is 5.59. The van der Waals surface area contributed by atoms with E-state index in [2.05, 4.69) is 5.32 Å². The Balaban J connectivity index is 0.00000162. The molecule has 5 heteroatoms. The van der Waals surface area contributed by atoms with Crippen LogP contribution in [0.25, 0.3) is 0 Å². The molecule has 100 valence electrons. The minimum atomic E-state index is -0.477. The third kappa shape index (κ3) is 2.94. The third-order valence-corrected chi connectivity index (χ3v) is 3.12. The predicted octanol–water partition coefficient (Wildman–Crippen LogP) is 1.44. The largest absolute Gasteiger partial charge is 0.493 e. The minimum Gasteiger partial charge on any atom is -0.493 e. The van der Waals surface area contributed by atoms with Gasteiger partial charge in [-0.15, -0.1) is 12.4 Å². The van der Waals surface area contributed by atoms with Crippen LogP contribution >= 0.6 is 12.4 Å². The number of halogens is 1. The van der Waals surface area contributed by atoms with Crippen molar-refractivity contribution in [2.75, 3.05) is 6.61 Å². The smallest absolute Gasteiger partial charge is 0.236 e. The summed E-state index contributed by atoms with van der Waals surface area (Å²) in [5.41, 5.74) is 6.69. The fraction of sp³-hybridized carbons (Fsp3) is 0.462. The highest BCUT2D eigenvalue weighted by molar-refractivity contribution is 5.85. The van der Waals surface area contributed by atoms with E-state index in [-0.39, 0.29) is 30.3 Å². The average molecular weight is 271 g/mol. The number of nitrogens with one attached hydrogen (secondary N) is 1. The molecule has 1 aromatic carbocycles. The summed E-state index contributed by atoms with van der Waals surface area (Å²) >= 11 is 0. The van der Waals surface area contributed by atoms with Crippen LogP contribution in [0.5, 0.6) is 5.75 Å². The van der Waals surface area contributed by atoms with E-state index in [1.807, 2.05) is 31.2 Å². The van der Waals surface area contributed by atoms with E-state index in [1.54, 1.807) is 6.92 Å². The van der Waals surface area contributed by atoms with Crippen molar-refractivity contribution in [2.24, 2.45) is 5.73 Å². The number of carbonyl (C=O) groups is 1. The Kier molecular flexibility index (Phi) is 4.99. The summed E-state index contributed by atoms with van der Waals surface area (Å²) in [6, 6.07) is 7.48. The van der Waals surface area contributed by atoms with Crippen molar-refractivity contribution in [1.29, 1.82) is 0 Å². The van der Waals surface area contributed by atoms with Gasteiger partial charge < -0.3 is 15.8 Å². The molecule has 0 spiro atoms. The monoisotopic (exact) mass is 270 g/mol. The maximum Gasteiger partial charge on any atom is 0.236 e. The lowest BCUT2D eigenvalue weighted by Crippen LogP contribution is -2.45. The Labute approximate surface area is 113 Å². The van der Waals surface area contributed by atoms with Gasteiger partial charge in [-0.3, -0.25) is 4.79 Å². The Morgan fingerprint density at radius 3 is 2.78 bits per heavy atom. The zero-order valence-corrected chi connectivity index (χ0v) is 11.4. The van der Waals surface area contributed by atoms with E-state index in [9.17, 15) is 4.79 Å². The number of rotatable bonds is 3. The van der Waals surface area contributed by atoms with Gasteiger partial charge in [0.2, 0.25) is 5.91 Å². The number of hydrogen-bond acceptors (Lipinski definition) is 3. The molecule has 1 heterocycles. The first-order valence-electron chi connectivity index (χ1n) is 5.87. The molecule has 4 nitrogen and oxygen atoms in total. The van der Waals surface area contributed by atoms with Crippen molar-refractivity contribution < 1.29 is 9.53 Å². The normalized spacial score (nSPS) is 20.1. The van der Waals surface area contributed by atoms with Crippen LogP contribution in [-0.4, -0.2) is 24.6 Å². The molecule has 1 aliphatic heterocycles. The van der Waals surface area contributed by atoms with Crippen LogP contribution in [0.3, 0.4) is 0 Å². The average Bonchev–Trinajstić information content (AvgIpc) is 2.72. The fourth-order valence-corrected chi connectivity index (χ4v) is 2.06. The lowest BCUT2D eigenvalue weighted by molar-refractivity contribution is -0.122. The van der Waals surface area contributed by atoms with E-state index in [4.69, 9.17) is 10.5 Å². The Hall–Kier alpha value is -1.26. The van der Waals surface area contributed by atoms with E-state index in [0.29, 0.717) is 6.61 Å². The number of hydrogen-bond donors (Lipinski definition) is 2. The van der Waals surface area contributed by atoms with Gasteiger partial charge in [-0.05, 0) is 19.9 Å². The minimum absolute atomic E-state index is 0. The second kappa shape index (κ2) is 6.07. The lowest BCUT2D eigenvalue weighted by Gasteiger charge is -2.20. The van der Waals surface area contributed by atoms with Crippen LogP contribution in [0.1, 0.15) is 25.3 Å². The first kappa shape index (κ1) is 14.8. The zero-order valence-electron chi connectivity index (χ0n) is 10.6. The number of nitrogens with two attached hydrogens (primary N) is 1. The molecular formula is C13H19ClN2O2. The number of ether oxygens (including phenoxy) is 1. The van der Waals surface area contributed by atoms with Gasteiger partial charge >= 0.3 is 0 Å². The van der Waals surface area contributed by atoms with Crippen LogP contribution in [0.4, 0.5) is 0 Å². The highest BCUT2D eigenvalue weighted by atomic mass is 35.5. The van der Waals surface area contributed by atoms with Gasteiger partial charge in [-0.1, -0.05) is 18.2 Å². The van der Waals surface area contributed by atoms with Crippen molar-refractivity contribution in [3.63, 3.8) is 0 Å². The third-order valence-electron chi connectivity index (χ3n) is 3.12. The summed E-state index contributed by atoms with van der Waals surface area (Å²) in [6.07, 6.45) is 0. The second-order valence-electron chi connectivity index (χ2n) is 4.54. The molecule has 0 bridgehead atoms. The van der Waals surface area contributed by atoms with E-state index >= 15 is 0 Å². The molecule has 2 unspecified atom stereocenters. The molecule has 0 saturated heterocycles. The molecule has 3 atom stereocenters. The van der Waals surface area contributed by atoms with E-state index in [0.717, 1.165) is 11.3 Å². The molecule has 2 rings (SSSR count). The molecule has 1 aliphatic rings. The molecule has 18 heavy (non-hydrogen) atoms. The standard InChI is InChI=1S/C13H18N2O2.ClH/c1-8(14)13(16)15-9(2)11-7-17-12-6-4-3-5-10(11)12;/h3-6,8-9,11H,7,14H2,1-2H3,(H,15,16);1H/t8-,9?,11?;/m1./s1. The van der Waals surface area contributed by atoms with E-state index in [1.165, 1.54) is 0 Å². The van der Waals surface area contributed by atoms with Crippen LogP contribution in [-0.2, 0) is 4.79 Å². The molecule has 0 fully saturated rings. The van der Waals surface area contributed by atoms with E-state index < -0.39 is 6.04 Å². The summed E-state index contributed by atoms with van der Waals surface area (Å²) in [6.45, 7) is 4.28. The number of benzene rings is 1. The summed E-state index contributed by atoms with van der Waals surface area (Å²) in [5, 5.41) is 2.92. The summed E-state index contributed by atoms with van der Waals surface area (Å²) in [7, 11) is 0. The van der Waals surface area contributed by atoms with Gasteiger partial charge in [0.15, 0.2) is 0 Å². The molecule has 1 aromatic rings. The van der Waals surface area contributed by atoms with Gasteiger partial charge in [0.1, 0.15) is 5.75 Å². The molecule has 0 aliphatic carbocycles. The topological polar surface area (TPSA) is 64.4 Å². The van der Waals surface area contributed by atoms with Gasteiger partial charge in [0.25, 0.3) is 0 Å². The fourth-order valence-electron chi connectivity index (χ4n) is 2.06. The van der Waals surface area contributed by atoms with Gasteiger partial charge in [-0.25, -0.2) is 0 Å². The highest BCUT2D eigenvalue weighted by Crippen LogP contribution is 2.35. The lowest BCUT2D eigenvalue weighted by atomic mass is 9.94. The Morgan fingerprint density at radius 2 is 2.11 bits per heavy atom. The molecule has 1 amide bonds. The van der Waals surface area contributed by atoms with Crippen molar-refractivity contribution >= 4 is 18.3 Å². The number of amides is 1.